The topological polar surface area (TPSA) is 80.0 Å². The maximum Gasteiger partial charge on any atom is 0.255 e. The standard InChI is InChI=1S/C11H11BrN4O2/c1-16-6-14-15-10(16)5-13-11(18)8-3-2-7(12)4-9(8)17/h2-4,6,17H,5H2,1H3,(H,13,18). The van der Waals surface area contributed by atoms with Crippen molar-refractivity contribution >= 4 is 21.8 Å². The Morgan fingerprint density at radius 2 is 2.33 bits per heavy atom. The number of carbonyl (C=O) groups excluding carboxylic acids is 1. The van der Waals surface area contributed by atoms with Crippen molar-refractivity contribution in [1.82, 2.24) is 20.1 Å². The molecule has 7 heteroatoms. The lowest BCUT2D eigenvalue weighted by molar-refractivity contribution is 0.0947. The summed E-state index contributed by atoms with van der Waals surface area (Å²) in [6, 6.07) is 4.71. The average molecular weight is 311 g/mol. The van der Waals surface area contributed by atoms with Gasteiger partial charge in [-0.15, -0.1) is 10.2 Å². The fraction of sp³-hybridized carbons (Fsp3) is 0.182. The van der Waals surface area contributed by atoms with E-state index in [0.29, 0.717) is 10.3 Å². The number of phenols is 1. The Bertz CT molecular complexity index is 582. The minimum atomic E-state index is -0.358. The van der Waals surface area contributed by atoms with Gasteiger partial charge in [-0.25, -0.2) is 0 Å². The molecule has 0 atom stereocenters. The summed E-state index contributed by atoms with van der Waals surface area (Å²) in [4.78, 5) is 11.8. The number of benzene rings is 1. The molecule has 1 aromatic heterocycles. The molecule has 0 spiro atoms. The van der Waals surface area contributed by atoms with Gasteiger partial charge in [0, 0.05) is 11.5 Å². The maximum atomic E-state index is 11.8. The van der Waals surface area contributed by atoms with Crippen LogP contribution in [-0.2, 0) is 13.6 Å². The smallest absolute Gasteiger partial charge is 0.255 e. The van der Waals surface area contributed by atoms with Crippen molar-refractivity contribution < 1.29 is 9.90 Å². The van der Waals surface area contributed by atoms with Crippen molar-refractivity contribution in [3.8, 4) is 5.75 Å². The van der Waals surface area contributed by atoms with Crippen LogP contribution in [0.5, 0.6) is 5.75 Å². The molecule has 0 fully saturated rings. The highest BCUT2D eigenvalue weighted by atomic mass is 79.9. The van der Waals surface area contributed by atoms with E-state index in [4.69, 9.17) is 0 Å². The van der Waals surface area contributed by atoms with Gasteiger partial charge in [-0.05, 0) is 18.2 Å². The first kappa shape index (κ1) is 12.6. The molecule has 0 aliphatic carbocycles. The summed E-state index contributed by atoms with van der Waals surface area (Å²) in [7, 11) is 1.79. The zero-order valence-electron chi connectivity index (χ0n) is 9.59. The van der Waals surface area contributed by atoms with Crippen LogP contribution in [0.3, 0.4) is 0 Å². The van der Waals surface area contributed by atoms with Gasteiger partial charge in [0.05, 0.1) is 12.1 Å². The molecule has 6 nitrogen and oxygen atoms in total. The molecule has 0 saturated carbocycles. The number of hydrogen-bond acceptors (Lipinski definition) is 4. The molecule has 0 radical (unpaired) electrons. The van der Waals surface area contributed by atoms with Gasteiger partial charge in [0.2, 0.25) is 0 Å². The van der Waals surface area contributed by atoms with Gasteiger partial charge in [-0.3, -0.25) is 4.79 Å². The molecule has 2 aromatic rings. The SMILES string of the molecule is Cn1cnnc1CNC(=O)c1ccc(Br)cc1O. The van der Waals surface area contributed by atoms with E-state index < -0.39 is 0 Å². The Morgan fingerprint density at radius 3 is 2.94 bits per heavy atom. The van der Waals surface area contributed by atoms with Crippen molar-refractivity contribution in [2.24, 2.45) is 7.05 Å². The monoisotopic (exact) mass is 310 g/mol. The molecule has 0 aliphatic heterocycles. The number of phenolic OH excluding ortho intramolecular Hbond substituents is 1. The second-order valence-electron chi connectivity index (χ2n) is 3.70. The van der Waals surface area contributed by atoms with E-state index in [1.807, 2.05) is 0 Å². The first-order valence-electron chi connectivity index (χ1n) is 5.17. The third-order valence-corrected chi connectivity index (χ3v) is 2.91. The van der Waals surface area contributed by atoms with Gasteiger partial charge in [0.15, 0.2) is 5.82 Å². The van der Waals surface area contributed by atoms with E-state index in [1.54, 1.807) is 30.1 Å². The number of nitrogens with zero attached hydrogens (tertiary/aromatic N) is 3. The van der Waals surface area contributed by atoms with Crippen LogP contribution in [0.2, 0.25) is 0 Å². The molecule has 0 bridgehead atoms. The Morgan fingerprint density at radius 1 is 1.56 bits per heavy atom. The molecule has 94 valence electrons. The van der Waals surface area contributed by atoms with Crippen LogP contribution in [0.25, 0.3) is 0 Å². The molecule has 2 rings (SSSR count). The van der Waals surface area contributed by atoms with Crippen molar-refractivity contribution in [2.75, 3.05) is 0 Å². The number of carbonyl (C=O) groups is 1. The highest BCUT2D eigenvalue weighted by Gasteiger charge is 2.11. The maximum absolute atomic E-state index is 11.8. The summed E-state index contributed by atoms with van der Waals surface area (Å²) in [6.45, 7) is 0.255. The van der Waals surface area contributed by atoms with Crippen molar-refractivity contribution in [2.45, 2.75) is 6.54 Å². The van der Waals surface area contributed by atoms with Crippen LogP contribution in [-0.4, -0.2) is 25.8 Å². The number of halogens is 1. The van der Waals surface area contributed by atoms with Gasteiger partial charge >= 0.3 is 0 Å². The number of aromatic nitrogens is 3. The van der Waals surface area contributed by atoms with Crippen LogP contribution in [0, 0.1) is 0 Å². The number of aryl methyl sites for hydroxylation is 1. The summed E-state index contributed by atoms with van der Waals surface area (Å²) in [5, 5.41) is 19.9. The molecule has 2 N–H and O–H groups in total. The Hall–Kier alpha value is -1.89. The van der Waals surface area contributed by atoms with Crippen molar-refractivity contribution in [3.05, 3.63) is 40.4 Å². The normalized spacial score (nSPS) is 10.3. The van der Waals surface area contributed by atoms with Crippen LogP contribution >= 0.6 is 15.9 Å². The highest BCUT2D eigenvalue weighted by molar-refractivity contribution is 9.10. The Kier molecular flexibility index (Phi) is 3.61. The predicted molar refractivity (Wildman–Crippen MR) is 68.0 cm³/mol. The van der Waals surface area contributed by atoms with E-state index >= 15 is 0 Å². The van der Waals surface area contributed by atoms with Gasteiger partial charge < -0.3 is 15.0 Å². The molecular weight excluding hydrogens is 300 g/mol. The average Bonchev–Trinajstić information content (AvgIpc) is 2.72. The van der Waals surface area contributed by atoms with E-state index in [9.17, 15) is 9.90 Å². The zero-order valence-corrected chi connectivity index (χ0v) is 11.2. The summed E-state index contributed by atoms with van der Waals surface area (Å²) in [6.07, 6.45) is 1.55. The number of aromatic hydroxyl groups is 1. The van der Waals surface area contributed by atoms with Crippen LogP contribution in [0.15, 0.2) is 29.0 Å². The molecule has 0 aliphatic rings. The predicted octanol–water partition coefficient (Wildman–Crippen LogP) is 1.21. The van der Waals surface area contributed by atoms with E-state index in [-0.39, 0.29) is 23.8 Å². The van der Waals surface area contributed by atoms with Gasteiger partial charge in [-0.1, -0.05) is 15.9 Å². The number of hydrogen-bond donors (Lipinski definition) is 2. The molecule has 1 heterocycles. The molecular formula is C11H11BrN4O2. The van der Waals surface area contributed by atoms with Crippen molar-refractivity contribution in [3.63, 3.8) is 0 Å². The quantitative estimate of drug-likeness (QED) is 0.893. The fourth-order valence-electron chi connectivity index (χ4n) is 1.42. The van der Waals surface area contributed by atoms with Crippen LogP contribution in [0.1, 0.15) is 16.2 Å². The zero-order chi connectivity index (χ0) is 13.1. The Balaban J connectivity index is 2.06. The highest BCUT2D eigenvalue weighted by Crippen LogP contribution is 2.22. The summed E-state index contributed by atoms with van der Waals surface area (Å²) in [5.41, 5.74) is 0.223. The molecule has 1 aromatic carbocycles. The van der Waals surface area contributed by atoms with Gasteiger partial charge in [-0.2, -0.15) is 0 Å². The van der Waals surface area contributed by atoms with Crippen LogP contribution < -0.4 is 5.32 Å². The number of nitrogens with one attached hydrogen (secondary N) is 1. The fourth-order valence-corrected chi connectivity index (χ4v) is 1.77. The summed E-state index contributed by atoms with van der Waals surface area (Å²) in [5.74, 6) is 0.211. The number of rotatable bonds is 3. The van der Waals surface area contributed by atoms with Gasteiger partial charge in [0.25, 0.3) is 5.91 Å². The lowest BCUT2D eigenvalue weighted by atomic mass is 10.2. The van der Waals surface area contributed by atoms with Crippen LogP contribution in [0.4, 0.5) is 0 Å². The first-order chi connectivity index (χ1) is 8.58. The third-order valence-electron chi connectivity index (χ3n) is 2.42. The minimum Gasteiger partial charge on any atom is -0.507 e. The number of amides is 1. The lowest BCUT2D eigenvalue weighted by Crippen LogP contribution is -2.24. The summed E-state index contributed by atoms with van der Waals surface area (Å²) < 4.78 is 2.42. The lowest BCUT2D eigenvalue weighted by Gasteiger charge is -2.06. The third kappa shape index (κ3) is 2.67. The molecule has 0 unspecified atom stereocenters. The van der Waals surface area contributed by atoms with Crippen molar-refractivity contribution in [1.29, 1.82) is 0 Å². The Labute approximate surface area is 112 Å². The summed E-state index contributed by atoms with van der Waals surface area (Å²) >= 11 is 3.21. The second-order valence-corrected chi connectivity index (χ2v) is 4.62. The minimum absolute atomic E-state index is 0.0696. The second kappa shape index (κ2) is 5.18. The van der Waals surface area contributed by atoms with E-state index in [2.05, 4.69) is 31.4 Å². The van der Waals surface area contributed by atoms with Gasteiger partial charge in [0.1, 0.15) is 12.1 Å². The van der Waals surface area contributed by atoms with E-state index in [1.165, 1.54) is 6.07 Å². The molecule has 1 amide bonds. The molecule has 18 heavy (non-hydrogen) atoms. The van der Waals surface area contributed by atoms with E-state index in [0.717, 1.165) is 0 Å². The first-order valence-corrected chi connectivity index (χ1v) is 5.97. The largest absolute Gasteiger partial charge is 0.507 e. The molecule has 0 saturated heterocycles.